The molecule has 2 fully saturated rings. The second-order valence-corrected chi connectivity index (χ2v) is 6.03. The monoisotopic (exact) mass is 221 g/mol. The van der Waals surface area contributed by atoms with E-state index in [-0.39, 0.29) is 0 Å². The van der Waals surface area contributed by atoms with E-state index in [2.05, 4.69) is 23.3 Å². The molecule has 2 atom stereocenters. The standard InChI is InChI=1S/C13H19NS/c1-10-12(7-9-15-10)13-6-5-11-4-2-3-8-14(11)13/h7,9,11,13H,2-6,8H2,1H3. The highest BCUT2D eigenvalue weighted by molar-refractivity contribution is 7.10. The molecule has 0 aliphatic carbocycles. The average molecular weight is 221 g/mol. The molecule has 0 bridgehead atoms. The van der Waals surface area contributed by atoms with Gasteiger partial charge in [0.15, 0.2) is 0 Å². The Hall–Kier alpha value is -0.340. The van der Waals surface area contributed by atoms with Gasteiger partial charge in [0.05, 0.1) is 0 Å². The first kappa shape index (κ1) is 9.86. The molecule has 3 rings (SSSR count). The van der Waals surface area contributed by atoms with Crippen molar-refractivity contribution in [2.24, 2.45) is 0 Å². The Balaban J connectivity index is 1.85. The van der Waals surface area contributed by atoms with E-state index in [0.29, 0.717) is 0 Å². The minimum absolute atomic E-state index is 0.751. The second kappa shape index (κ2) is 3.91. The fourth-order valence-electron chi connectivity index (χ4n) is 3.33. The fourth-order valence-corrected chi connectivity index (χ4v) is 4.09. The molecule has 0 N–H and O–H groups in total. The van der Waals surface area contributed by atoms with Crippen molar-refractivity contribution in [1.82, 2.24) is 4.90 Å². The third-order valence-electron chi connectivity index (χ3n) is 4.10. The summed E-state index contributed by atoms with van der Waals surface area (Å²) in [6.45, 7) is 3.61. The number of fused-ring (bicyclic) bond motifs is 1. The molecule has 0 aromatic carbocycles. The summed E-state index contributed by atoms with van der Waals surface area (Å²) >= 11 is 1.90. The molecule has 0 amide bonds. The number of rotatable bonds is 1. The van der Waals surface area contributed by atoms with Gasteiger partial charge in [0.25, 0.3) is 0 Å². The highest BCUT2D eigenvalue weighted by atomic mass is 32.1. The summed E-state index contributed by atoms with van der Waals surface area (Å²) in [6.07, 6.45) is 7.13. The van der Waals surface area contributed by atoms with E-state index in [1.165, 1.54) is 43.5 Å². The molecular formula is C13H19NS. The number of piperidine rings is 1. The maximum atomic E-state index is 2.78. The summed E-state index contributed by atoms with van der Waals surface area (Å²) in [4.78, 5) is 4.31. The summed E-state index contributed by atoms with van der Waals surface area (Å²) in [5.41, 5.74) is 1.62. The van der Waals surface area contributed by atoms with Crippen LogP contribution in [-0.4, -0.2) is 17.5 Å². The van der Waals surface area contributed by atoms with Crippen LogP contribution < -0.4 is 0 Å². The summed E-state index contributed by atoms with van der Waals surface area (Å²) < 4.78 is 0. The number of nitrogens with zero attached hydrogens (tertiary/aromatic N) is 1. The van der Waals surface area contributed by atoms with Gasteiger partial charge in [-0.2, -0.15) is 0 Å². The van der Waals surface area contributed by atoms with Gasteiger partial charge in [-0.1, -0.05) is 6.42 Å². The molecule has 15 heavy (non-hydrogen) atoms. The first-order chi connectivity index (χ1) is 7.36. The lowest BCUT2D eigenvalue weighted by Gasteiger charge is -2.34. The van der Waals surface area contributed by atoms with Crippen LogP contribution in [-0.2, 0) is 0 Å². The molecule has 1 aromatic rings. The lowest BCUT2D eigenvalue weighted by molar-refractivity contribution is 0.150. The Bertz CT molecular complexity index is 344. The first-order valence-corrected chi connectivity index (χ1v) is 7.04. The Morgan fingerprint density at radius 1 is 1.27 bits per heavy atom. The van der Waals surface area contributed by atoms with E-state index in [1.54, 1.807) is 5.56 Å². The molecule has 0 saturated carbocycles. The lowest BCUT2D eigenvalue weighted by atomic mass is 10.0. The minimum Gasteiger partial charge on any atom is -0.293 e. The molecule has 0 radical (unpaired) electrons. The third-order valence-corrected chi connectivity index (χ3v) is 4.97. The van der Waals surface area contributed by atoms with Crippen LogP contribution in [0.3, 0.4) is 0 Å². The number of hydrogen-bond donors (Lipinski definition) is 0. The van der Waals surface area contributed by atoms with Crippen LogP contribution in [0, 0.1) is 6.92 Å². The first-order valence-electron chi connectivity index (χ1n) is 6.16. The van der Waals surface area contributed by atoms with Gasteiger partial charge in [0.2, 0.25) is 0 Å². The summed E-state index contributed by atoms with van der Waals surface area (Å²) in [5.74, 6) is 0. The van der Waals surface area contributed by atoms with Gasteiger partial charge < -0.3 is 0 Å². The van der Waals surface area contributed by atoms with Gasteiger partial charge in [-0.15, -0.1) is 11.3 Å². The molecule has 1 nitrogen and oxygen atoms in total. The Morgan fingerprint density at radius 2 is 2.20 bits per heavy atom. The molecular weight excluding hydrogens is 202 g/mol. The van der Waals surface area contributed by atoms with E-state index in [0.717, 1.165) is 12.1 Å². The van der Waals surface area contributed by atoms with Gasteiger partial charge in [0, 0.05) is 17.0 Å². The highest BCUT2D eigenvalue weighted by Gasteiger charge is 2.36. The molecule has 2 aliphatic rings. The fraction of sp³-hybridized carbons (Fsp3) is 0.692. The average Bonchev–Trinajstić information content (AvgIpc) is 2.83. The van der Waals surface area contributed by atoms with Crippen LogP contribution in [0.15, 0.2) is 11.4 Å². The molecule has 0 spiro atoms. The summed E-state index contributed by atoms with van der Waals surface area (Å²) in [6, 6.07) is 4.01. The van der Waals surface area contributed by atoms with Gasteiger partial charge in [-0.3, -0.25) is 4.90 Å². The van der Waals surface area contributed by atoms with Crippen LogP contribution in [0.5, 0.6) is 0 Å². The Labute approximate surface area is 96.1 Å². The molecule has 82 valence electrons. The van der Waals surface area contributed by atoms with Gasteiger partial charge >= 0.3 is 0 Å². The molecule has 2 heteroatoms. The smallest absolute Gasteiger partial charge is 0.0362 e. The Kier molecular flexibility index (Phi) is 2.57. The Morgan fingerprint density at radius 3 is 3.00 bits per heavy atom. The maximum Gasteiger partial charge on any atom is 0.0362 e. The predicted octanol–water partition coefficient (Wildman–Crippen LogP) is 3.75. The quantitative estimate of drug-likeness (QED) is 0.698. The topological polar surface area (TPSA) is 3.24 Å². The summed E-state index contributed by atoms with van der Waals surface area (Å²) in [7, 11) is 0. The third kappa shape index (κ3) is 1.64. The van der Waals surface area contributed by atoms with Crippen molar-refractivity contribution in [3.63, 3.8) is 0 Å². The van der Waals surface area contributed by atoms with E-state index in [1.807, 2.05) is 11.3 Å². The van der Waals surface area contributed by atoms with E-state index < -0.39 is 0 Å². The second-order valence-electron chi connectivity index (χ2n) is 4.91. The van der Waals surface area contributed by atoms with Crippen molar-refractivity contribution in [2.75, 3.05) is 6.54 Å². The zero-order chi connectivity index (χ0) is 10.3. The van der Waals surface area contributed by atoms with Crippen molar-refractivity contribution in [1.29, 1.82) is 0 Å². The van der Waals surface area contributed by atoms with E-state index in [4.69, 9.17) is 0 Å². The number of thiophene rings is 1. The van der Waals surface area contributed by atoms with Crippen LogP contribution in [0.25, 0.3) is 0 Å². The van der Waals surface area contributed by atoms with Gasteiger partial charge in [0.1, 0.15) is 0 Å². The van der Waals surface area contributed by atoms with Crippen molar-refractivity contribution in [2.45, 2.75) is 51.1 Å². The van der Waals surface area contributed by atoms with Crippen LogP contribution in [0.4, 0.5) is 0 Å². The van der Waals surface area contributed by atoms with Crippen LogP contribution >= 0.6 is 11.3 Å². The van der Waals surface area contributed by atoms with Crippen LogP contribution in [0.2, 0.25) is 0 Å². The van der Waals surface area contributed by atoms with E-state index >= 15 is 0 Å². The summed E-state index contributed by atoms with van der Waals surface area (Å²) in [5, 5.41) is 2.25. The largest absolute Gasteiger partial charge is 0.293 e. The molecule has 3 heterocycles. The number of hydrogen-bond acceptors (Lipinski definition) is 2. The molecule has 2 aliphatic heterocycles. The lowest BCUT2D eigenvalue weighted by Crippen LogP contribution is -2.35. The van der Waals surface area contributed by atoms with Crippen LogP contribution in [0.1, 0.15) is 48.6 Å². The molecule has 1 aromatic heterocycles. The normalized spacial score (nSPS) is 31.8. The van der Waals surface area contributed by atoms with Crippen molar-refractivity contribution in [3.05, 3.63) is 21.9 Å². The van der Waals surface area contributed by atoms with Crippen molar-refractivity contribution >= 4 is 11.3 Å². The zero-order valence-corrected chi connectivity index (χ0v) is 10.2. The maximum absolute atomic E-state index is 2.78. The zero-order valence-electron chi connectivity index (χ0n) is 9.41. The van der Waals surface area contributed by atoms with Crippen molar-refractivity contribution in [3.8, 4) is 0 Å². The SMILES string of the molecule is Cc1sccc1C1CCC2CCCCN21. The molecule has 2 saturated heterocycles. The van der Waals surface area contributed by atoms with Gasteiger partial charge in [-0.05, 0) is 56.2 Å². The molecule has 2 unspecified atom stereocenters. The minimum atomic E-state index is 0.751. The predicted molar refractivity (Wildman–Crippen MR) is 65.4 cm³/mol. The number of aryl methyl sites for hydroxylation is 1. The van der Waals surface area contributed by atoms with Gasteiger partial charge in [-0.25, -0.2) is 0 Å². The highest BCUT2D eigenvalue weighted by Crippen LogP contribution is 2.42. The van der Waals surface area contributed by atoms with Crippen molar-refractivity contribution < 1.29 is 0 Å². The van der Waals surface area contributed by atoms with E-state index in [9.17, 15) is 0 Å².